The molecule has 0 spiro atoms. The van der Waals surface area contributed by atoms with Gasteiger partial charge in [-0.15, -0.1) is 0 Å². The molecule has 4 heteroatoms. The first-order valence-electron chi connectivity index (χ1n) is 5.64. The summed E-state index contributed by atoms with van der Waals surface area (Å²) in [5, 5.41) is 0.649. The maximum atomic E-state index is 5.88. The molecule has 0 aromatic heterocycles. The van der Waals surface area contributed by atoms with Gasteiger partial charge in [-0.05, 0) is 42.5 Å². The Morgan fingerprint density at radius 1 is 0.944 bits per heavy atom. The zero-order valence-electron chi connectivity index (χ0n) is 9.80. The predicted molar refractivity (Wildman–Crippen MR) is 72.5 cm³/mol. The van der Waals surface area contributed by atoms with Crippen LogP contribution in [0.4, 0.5) is 0 Å². The van der Waals surface area contributed by atoms with E-state index in [1.54, 1.807) is 12.1 Å². The van der Waals surface area contributed by atoms with Gasteiger partial charge in [0.05, 0.1) is 0 Å². The highest BCUT2D eigenvalue weighted by Gasteiger charge is 1.99. The van der Waals surface area contributed by atoms with Gasteiger partial charge >= 0.3 is 0 Å². The van der Waals surface area contributed by atoms with Crippen molar-refractivity contribution in [3.63, 3.8) is 0 Å². The molecular formula is C14H14ClNO2. The molecular weight excluding hydrogens is 250 g/mol. The summed E-state index contributed by atoms with van der Waals surface area (Å²) < 4.78 is 11.0. The van der Waals surface area contributed by atoms with Gasteiger partial charge in [0, 0.05) is 11.6 Å². The van der Waals surface area contributed by atoms with Crippen molar-refractivity contribution in [1.29, 1.82) is 0 Å². The fourth-order valence-electron chi connectivity index (χ4n) is 1.45. The van der Waals surface area contributed by atoms with Gasteiger partial charge in [-0.1, -0.05) is 17.7 Å². The maximum Gasteiger partial charge on any atom is 0.128 e. The van der Waals surface area contributed by atoms with Crippen LogP contribution in [0.5, 0.6) is 17.2 Å². The smallest absolute Gasteiger partial charge is 0.128 e. The van der Waals surface area contributed by atoms with Crippen molar-refractivity contribution >= 4 is 11.6 Å². The lowest BCUT2D eigenvalue weighted by Gasteiger charge is -2.08. The third-order valence-corrected chi connectivity index (χ3v) is 2.48. The summed E-state index contributed by atoms with van der Waals surface area (Å²) in [5.74, 6) is 2.22. The number of benzene rings is 2. The van der Waals surface area contributed by atoms with Crippen LogP contribution >= 0.6 is 11.6 Å². The summed E-state index contributed by atoms with van der Waals surface area (Å²) in [7, 11) is 0. The minimum Gasteiger partial charge on any atom is -0.492 e. The molecule has 3 nitrogen and oxygen atoms in total. The van der Waals surface area contributed by atoms with Gasteiger partial charge in [-0.25, -0.2) is 0 Å². The van der Waals surface area contributed by atoms with Crippen LogP contribution in [0.25, 0.3) is 0 Å². The lowest BCUT2D eigenvalue weighted by molar-refractivity contribution is 0.328. The minimum atomic E-state index is 0.501. The SMILES string of the molecule is NCCOc1ccc(Oc2cccc(Cl)c2)cc1. The molecule has 0 bridgehead atoms. The molecule has 2 aromatic rings. The van der Waals surface area contributed by atoms with Crippen molar-refractivity contribution in [2.45, 2.75) is 0 Å². The van der Waals surface area contributed by atoms with Gasteiger partial charge < -0.3 is 15.2 Å². The van der Waals surface area contributed by atoms with E-state index in [1.165, 1.54) is 0 Å². The van der Waals surface area contributed by atoms with E-state index in [1.807, 2.05) is 36.4 Å². The van der Waals surface area contributed by atoms with Crippen molar-refractivity contribution in [1.82, 2.24) is 0 Å². The molecule has 0 atom stereocenters. The van der Waals surface area contributed by atoms with Crippen LogP contribution in [0, 0.1) is 0 Å². The number of ether oxygens (including phenoxy) is 2. The van der Waals surface area contributed by atoms with Gasteiger partial charge in [0.1, 0.15) is 23.9 Å². The van der Waals surface area contributed by atoms with Gasteiger partial charge in [0.2, 0.25) is 0 Å². The largest absolute Gasteiger partial charge is 0.492 e. The van der Waals surface area contributed by atoms with E-state index >= 15 is 0 Å². The number of rotatable bonds is 5. The quantitative estimate of drug-likeness (QED) is 0.898. The normalized spacial score (nSPS) is 10.1. The first-order valence-corrected chi connectivity index (χ1v) is 6.02. The summed E-state index contributed by atoms with van der Waals surface area (Å²) in [6.07, 6.45) is 0. The van der Waals surface area contributed by atoms with E-state index < -0.39 is 0 Å². The van der Waals surface area contributed by atoms with Crippen molar-refractivity contribution in [2.75, 3.05) is 13.2 Å². The highest BCUT2D eigenvalue weighted by atomic mass is 35.5. The lowest BCUT2D eigenvalue weighted by atomic mass is 10.3. The highest BCUT2D eigenvalue weighted by molar-refractivity contribution is 6.30. The van der Waals surface area contributed by atoms with Crippen LogP contribution < -0.4 is 15.2 Å². The van der Waals surface area contributed by atoms with E-state index in [-0.39, 0.29) is 0 Å². The molecule has 0 amide bonds. The van der Waals surface area contributed by atoms with Crippen LogP contribution in [-0.2, 0) is 0 Å². The first-order chi connectivity index (χ1) is 8.78. The van der Waals surface area contributed by atoms with Gasteiger partial charge in [-0.2, -0.15) is 0 Å². The fraction of sp³-hybridized carbons (Fsp3) is 0.143. The van der Waals surface area contributed by atoms with Gasteiger partial charge in [-0.3, -0.25) is 0 Å². The topological polar surface area (TPSA) is 44.5 Å². The highest BCUT2D eigenvalue weighted by Crippen LogP contribution is 2.25. The summed E-state index contributed by atoms with van der Waals surface area (Å²) in [6, 6.07) is 14.6. The van der Waals surface area contributed by atoms with Crippen LogP contribution in [-0.4, -0.2) is 13.2 Å². The van der Waals surface area contributed by atoms with E-state index in [0.717, 1.165) is 11.5 Å². The average Bonchev–Trinajstić information content (AvgIpc) is 2.38. The second-order valence-electron chi connectivity index (χ2n) is 3.67. The molecule has 0 saturated heterocycles. The number of hydrogen-bond donors (Lipinski definition) is 1. The molecule has 0 fully saturated rings. The molecule has 0 saturated carbocycles. The summed E-state index contributed by atoms with van der Waals surface area (Å²) in [5.41, 5.74) is 5.36. The lowest BCUT2D eigenvalue weighted by Crippen LogP contribution is -2.10. The average molecular weight is 264 g/mol. The predicted octanol–water partition coefficient (Wildman–Crippen LogP) is 3.47. The molecule has 2 aromatic carbocycles. The number of halogens is 1. The standard InChI is InChI=1S/C14H14ClNO2/c15-11-2-1-3-14(10-11)18-13-6-4-12(5-7-13)17-9-8-16/h1-7,10H,8-9,16H2. The van der Waals surface area contributed by atoms with E-state index in [2.05, 4.69) is 0 Å². The second kappa shape index (κ2) is 6.28. The molecule has 0 aliphatic heterocycles. The van der Waals surface area contributed by atoms with Crippen LogP contribution in [0.15, 0.2) is 48.5 Å². The molecule has 94 valence electrons. The second-order valence-corrected chi connectivity index (χ2v) is 4.10. The Kier molecular flexibility index (Phi) is 4.45. The van der Waals surface area contributed by atoms with E-state index in [4.69, 9.17) is 26.8 Å². The van der Waals surface area contributed by atoms with Gasteiger partial charge in [0.25, 0.3) is 0 Å². The van der Waals surface area contributed by atoms with Crippen molar-refractivity contribution in [3.8, 4) is 17.2 Å². The van der Waals surface area contributed by atoms with E-state index in [9.17, 15) is 0 Å². The third kappa shape index (κ3) is 3.65. The molecule has 0 aliphatic rings. The molecule has 0 radical (unpaired) electrons. The number of nitrogens with two attached hydrogens (primary N) is 1. The Morgan fingerprint density at radius 3 is 2.33 bits per heavy atom. The number of hydrogen-bond acceptors (Lipinski definition) is 3. The summed E-state index contributed by atoms with van der Waals surface area (Å²) >= 11 is 5.88. The fourth-order valence-corrected chi connectivity index (χ4v) is 1.63. The summed E-state index contributed by atoms with van der Waals surface area (Å²) in [6.45, 7) is 1.01. The van der Waals surface area contributed by atoms with Crippen LogP contribution in [0.3, 0.4) is 0 Å². The Hall–Kier alpha value is -1.71. The third-order valence-electron chi connectivity index (χ3n) is 2.24. The molecule has 0 heterocycles. The Bertz CT molecular complexity index is 499. The zero-order valence-corrected chi connectivity index (χ0v) is 10.6. The zero-order chi connectivity index (χ0) is 12.8. The van der Waals surface area contributed by atoms with Crippen molar-refractivity contribution in [3.05, 3.63) is 53.6 Å². The van der Waals surface area contributed by atoms with E-state index in [0.29, 0.717) is 23.9 Å². The van der Waals surface area contributed by atoms with Gasteiger partial charge in [0.15, 0.2) is 0 Å². The molecule has 2 N–H and O–H groups in total. The van der Waals surface area contributed by atoms with Crippen LogP contribution in [0.1, 0.15) is 0 Å². The van der Waals surface area contributed by atoms with Crippen molar-refractivity contribution in [2.24, 2.45) is 5.73 Å². The Morgan fingerprint density at radius 2 is 1.67 bits per heavy atom. The van der Waals surface area contributed by atoms with Crippen molar-refractivity contribution < 1.29 is 9.47 Å². The minimum absolute atomic E-state index is 0.501. The van der Waals surface area contributed by atoms with Crippen LogP contribution in [0.2, 0.25) is 5.02 Å². The molecule has 0 unspecified atom stereocenters. The Labute approximate surface area is 111 Å². The molecule has 2 rings (SSSR count). The maximum absolute atomic E-state index is 5.88. The Balaban J connectivity index is 2.02. The monoisotopic (exact) mass is 263 g/mol. The summed E-state index contributed by atoms with van der Waals surface area (Å²) in [4.78, 5) is 0. The molecule has 18 heavy (non-hydrogen) atoms. The first kappa shape index (κ1) is 12.7. The molecule has 0 aliphatic carbocycles.